The summed E-state index contributed by atoms with van der Waals surface area (Å²) in [5.41, 5.74) is 1.36. The topological polar surface area (TPSA) is 28.6 Å². The van der Waals surface area contributed by atoms with Crippen LogP contribution >= 0.6 is 11.6 Å². The number of anilines is 1. The van der Waals surface area contributed by atoms with Gasteiger partial charge in [-0.15, -0.1) is 0 Å². The normalized spacial score (nSPS) is 23.8. The van der Waals surface area contributed by atoms with Crippen molar-refractivity contribution in [3.8, 4) is 0 Å². The number of ether oxygens (including phenoxy) is 1. The van der Waals surface area contributed by atoms with Gasteiger partial charge in [0, 0.05) is 42.9 Å². The van der Waals surface area contributed by atoms with Crippen LogP contribution in [0.3, 0.4) is 0 Å². The van der Waals surface area contributed by atoms with Gasteiger partial charge in [0.1, 0.15) is 5.82 Å². The molecule has 0 saturated carbocycles. The van der Waals surface area contributed by atoms with Crippen molar-refractivity contribution in [3.63, 3.8) is 0 Å². The molecular weight excluding hydrogens is 394 g/mol. The summed E-state index contributed by atoms with van der Waals surface area (Å²) >= 11 is 6.05. The quantitative estimate of drug-likeness (QED) is 0.644. The van der Waals surface area contributed by atoms with E-state index in [-0.39, 0.29) is 0 Å². The Morgan fingerprint density at radius 2 is 1.87 bits per heavy atom. The summed E-state index contributed by atoms with van der Waals surface area (Å²) in [4.78, 5) is 9.75. The average Bonchev–Trinajstić information content (AvgIpc) is 2.79. The fourth-order valence-corrected chi connectivity index (χ4v) is 4.92. The molecule has 2 aliphatic rings. The molecule has 2 aromatic rings. The molecule has 30 heavy (non-hydrogen) atoms. The molecule has 0 aliphatic carbocycles. The van der Waals surface area contributed by atoms with Crippen LogP contribution in [0.4, 0.5) is 5.82 Å². The molecule has 1 aromatic heterocycles. The molecule has 0 bridgehead atoms. The lowest BCUT2D eigenvalue weighted by Gasteiger charge is -2.47. The smallest absolute Gasteiger partial charge is 0.128 e. The molecule has 0 radical (unpaired) electrons. The van der Waals surface area contributed by atoms with Crippen LogP contribution in [0, 0.1) is 5.92 Å². The number of hydrogen-bond donors (Lipinski definition) is 0. The molecule has 2 fully saturated rings. The lowest BCUT2D eigenvalue weighted by molar-refractivity contribution is -0.1000. The van der Waals surface area contributed by atoms with E-state index < -0.39 is 0 Å². The SMILES string of the molecule is CC(C)[C@H]1CN(C2CCN(c3ccccn3)CC2)[C@@H](CCc2ccc(Cl)cc2)CO1. The largest absolute Gasteiger partial charge is 0.375 e. The van der Waals surface area contributed by atoms with E-state index in [2.05, 4.69) is 52.9 Å². The molecule has 0 unspecified atom stereocenters. The van der Waals surface area contributed by atoms with Crippen LogP contribution in [0.5, 0.6) is 0 Å². The van der Waals surface area contributed by atoms with Crippen molar-refractivity contribution >= 4 is 17.4 Å². The maximum atomic E-state index is 6.29. The molecule has 1 aromatic carbocycles. The first-order chi connectivity index (χ1) is 14.6. The van der Waals surface area contributed by atoms with E-state index in [0.29, 0.717) is 24.1 Å². The van der Waals surface area contributed by atoms with E-state index in [0.717, 1.165) is 49.9 Å². The zero-order valence-electron chi connectivity index (χ0n) is 18.2. The van der Waals surface area contributed by atoms with Crippen molar-refractivity contribution in [2.24, 2.45) is 5.92 Å². The molecule has 4 rings (SSSR count). The Labute approximate surface area is 186 Å². The molecule has 5 heteroatoms. The van der Waals surface area contributed by atoms with Gasteiger partial charge in [-0.05, 0) is 61.4 Å². The number of morpholine rings is 1. The second-order valence-electron chi connectivity index (χ2n) is 9.04. The standard InChI is InChI=1S/C25H34ClN3O/c1-19(2)24-17-29(22-12-15-28(16-13-22)25-5-3-4-14-27-25)23(18-30-24)11-8-20-6-9-21(26)10-7-20/h3-7,9-10,14,19,22-24H,8,11-13,15-18H2,1-2H3/t23-,24+/m0/s1. The minimum atomic E-state index is 0.339. The summed E-state index contributed by atoms with van der Waals surface area (Å²) in [5, 5.41) is 0.806. The van der Waals surface area contributed by atoms with Crippen molar-refractivity contribution < 1.29 is 4.74 Å². The van der Waals surface area contributed by atoms with Gasteiger partial charge in [-0.1, -0.05) is 43.6 Å². The van der Waals surface area contributed by atoms with Crippen LogP contribution in [0.2, 0.25) is 5.02 Å². The lowest BCUT2D eigenvalue weighted by atomic mass is 9.94. The van der Waals surface area contributed by atoms with Crippen molar-refractivity contribution in [3.05, 3.63) is 59.2 Å². The van der Waals surface area contributed by atoms with E-state index in [4.69, 9.17) is 16.3 Å². The van der Waals surface area contributed by atoms with Crippen LogP contribution in [-0.2, 0) is 11.2 Å². The third kappa shape index (κ3) is 5.35. The van der Waals surface area contributed by atoms with E-state index in [1.807, 2.05) is 24.4 Å². The van der Waals surface area contributed by atoms with Gasteiger partial charge in [-0.2, -0.15) is 0 Å². The highest BCUT2D eigenvalue weighted by Crippen LogP contribution is 2.28. The predicted molar refractivity (Wildman–Crippen MR) is 124 cm³/mol. The molecule has 2 saturated heterocycles. The molecule has 0 amide bonds. The van der Waals surface area contributed by atoms with E-state index in [1.165, 1.54) is 18.4 Å². The second kappa shape index (κ2) is 10.1. The number of aromatic nitrogens is 1. The first-order valence-electron chi connectivity index (χ1n) is 11.4. The van der Waals surface area contributed by atoms with Crippen molar-refractivity contribution in [2.45, 2.75) is 57.7 Å². The number of hydrogen-bond acceptors (Lipinski definition) is 4. The Hall–Kier alpha value is -1.62. The van der Waals surface area contributed by atoms with Gasteiger partial charge in [0.05, 0.1) is 12.7 Å². The van der Waals surface area contributed by atoms with Crippen LogP contribution in [-0.4, -0.2) is 54.3 Å². The summed E-state index contributed by atoms with van der Waals surface area (Å²) in [6, 6.07) is 15.6. The Morgan fingerprint density at radius 3 is 2.53 bits per heavy atom. The van der Waals surface area contributed by atoms with Crippen LogP contribution < -0.4 is 4.90 Å². The Bertz CT molecular complexity index is 775. The predicted octanol–water partition coefficient (Wildman–Crippen LogP) is 5.06. The summed E-state index contributed by atoms with van der Waals surface area (Å²) in [5.74, 6) is 1.66. The number of piperidine rings is 1. The maximum absolute atomic E-state index is 6.29. The van der Waals surface area contributed by atoms with Gasteiger partial charge in [-0.25, -0.2) is 4.98 Å². The minimum absolute atomic E-state index is 0.339. The first-order valence-corrected chi connectivity index (χ1v) is 11.8. The van der Waals surface area contributed by atoms with Crippen molar-refractivity contribution in [1.29, 1.82) is 0 Å². The van der Waals surface area contributed by atoms with Crippen LogP contribution in [0.25, 0.3) is 0 Å². The maximum Gasteiger partial charge on any atom is 0.128 e. The summed E-state index contributed by atoms with van der Waals surface area (Å²) in [6.45, 7) is 8.61. The fourth-order valence-electron chi connectivity index (χ4n) is 4.79. The molecule has 2 atom stereocenters. The number of pyridine rings is 1. The second-order valence-corrected chi connectivity index (χ2v) is 9.47. The number of nitrogens with zero attached hydrogens (tertiary/aromatic N) is 3. The molecule has 4 nitrogen and oxygen atoms in total. The molecular formula is C25H34ClN3O. The average molecular weight is 428 g/mol. The van der Waals surface area contributed by atoms with Crippen LogP contribution in [0.15, 0.2) is 48.7 Å². The van der Waals surface area contributed by atoms with Crippen molar-refractivity contribution in [2.75, 3.05) is 31.1 Å². The monoisotopic (exact) mass is 427 g/mol. The molecule has 2 aliphatic heterocycles. The third-order valence-corrected chi connectivity index (χ3v) is 6.94. The summed E-state index contributed by atoms with van der Waals surface area (Å²) in [6.07, 6.45) is 6.82. The molecule has 3 heterocycles. The van der Waals surface area contributed by atoms with Gasteiger partial charge in [0.2, 0.25) is 0 Å². The number of aryl methyl sites for hydroxylation is 1. The van der Waals surface area contributed by atoms with Gasteiger partial charge < -0.3 is 9.64 Å². The minimum Gasteiger partial charge on any atom is -0.375 e. The summed E-state index contributed by atoms with van der Waals surface area (Å²) < 4.78 is 6.29. The molecule has 162 valence electrons. The van der Waals surface area contributed by atoms with Gasteiger partial charge in [-0.3, -0.25) is 4.90 Å². The highest BCUT2D eigenvalue weighted by atomic mass is 35.5. The van der Waals surface area contributed by atoms with E-state index >= 15 is 0 Å². The third-order valence-electron chi connectivity index (χ3n) is 6.69. The van der Waals surface area contributed by atoms with Crippen LogP contribution in [0.1, 0.15) is 38.7 Å². The van der Waals surface area contributed by atoms with Gasteiger partial charge >= 0.3 is 0 Å². The van der Waals surface area contributed by atoms with Gasteiger partial charge in [0.15, 0.2) is 0 Å². The summed E-state index contributed by atoms with van der Waals surface area (Å²) in [7, 11) is 0. The first kappa shape index (κ1) is 21.6. The highest BCUT2D eigenvalue weighted by Gasteiger charge is 2.36. The number of benzene rings is 1. The van der Waals surface area contributed by atoms with E-state index in [9.17, 15) is 0 Å². The molecule has 0 spiro atoms. The number of rotatable bonds is 6. The van der Waals surface area contributed by atoms with E-state index in [1.54, 1.807) is 0 Å². The highest BCUT2D eigenvalue weighted by molar-refractivity contribution is 6.30. The number of halogens is 1. The Morgan fingerprint density at radius 1 is 1.10 bits per heavy atom. The molecule has 0 N–H and O–H groups in total. The Balaban J connectivity index is 1.39. The fraction of sp³-hybridized carbons (Fsp3) is 0.560. The van der Waals surface area contributed by atoms with Crippen molar-refractivity contribution in [1.82, 2.24) is 9.88 Å². The zero-order valence-corrected chi connectivity index (χ0v) is 19.0. The Kier molecular flexibility index (Phi) is 7.29. The lowest BCUT2D eigenvalue weighted by Crippen LogP contribution is -2.57. The zero-order chi connectivity index (χ0) is 20.9. The van der Waals surface area contributed by atoms with Gasteiger partial charge in [0.25, 0.3) is 0 Å².